The molecule has 3 aromatic rings. The van der Waals surface area contributed by atoms with Gasteiger partial charge in [0.25, 0.3) is 11.3 Å². The van der Waals surface area contributed by atoms with Gasteiger partial charge in [-0.25, -0.2) is 9.24 Å². The molecule has 3 N–H and O–H groups in total. The summed E-state index contributed by atoms with van der Waals surface area (Å²) >= 11 is -1.67. The van der Waals surface area contributed by atoms with Gasteiger partial charge in [-0.3, -0.25) is 5.10 Å². The molecule has 3 rings (SSSR count). The lowest BCUT2D eigenvalue weighted by atomic mass is 9.93. The Balaban J connectivity index is 1.56. The number of nitrogens with one attached hydrogen (secondary N) is 2. The predicted octanol–water partition coefficient (Wildman–Crippen LogP) is 2.38. The number of aromatic nitrogens is 4. The van der Waals surface area contributed by atoms with Crippen LogP contribution < -0.4 is 8.91 Å². The molecule has 9 heteroatoms. The van der Waals surface area contributed by atoms with Gasteiger partial charge in [-0.15, -0.1) is 10.2 Å². The van der Waals surface area contributed by atoms with E-state index in [1.165, 1.54) is 0 Å². The van der Waals surface area contributed by atoms with Gasteiger partial charge in [-0.1, -0.05) is 32.9 Å². The van der Waals surface area contributed by atoms with Crippen LogP contribution in [0, 0.1) is 6.92 Å². The number of nitrogens with zero attached hydrogens (tertiary/aromatic N) is 3. The molecule has 0 aliphatic carbocycles. The van der Waals surface area contributed by atoms with Crippen molar-refractivity contribution in [2.45, 2.75) is 52.4 Å². The fourth-order valence-corrected chi connectivity index (χ4v) is 3.57. The summed E-state index contributed by atoms with van der Waals surface area (Å²) in [6.45, 7) is 8.88. The highest BCUT2D eigenvalue weighted by Gasteiger charge is 2.19. The van der Waals surface area contributed by atoms with Crippen molar-refractivity contribution in [2.24, 2.45) is 0 Å². The van der Waals surface area contributed by atoms with Crippen LogP contribution in [0.2, 0.25) is 0 Å². The van der Waals surface area contributed by atoms with Crippen molar-refractivity contribution in [2.75, 3.05) is 13.2 Å². The first kappa shape index (κ1) is 21.5. The number of hydrogen-bond acceptors (Lipinski definition) is 5. The number of benzene rings is 1. The van der Waals surface area contributed by atoms with E-state index in [4.69, 9.17) is 9.29 Å². The molecule has 2 heterocycles. The predicted molar refractivity (Wildman–Crippen MR) is 113 cm³/mol. The molecular weight excluding hydrogens is 390 g/mol. The van der Waals surface area contributed by atoms with E-state index in [1.807, 2.05) is 35.7 Å². The van der Waals surface area contributed by atoms with Crippen molar-refractivity contribution in [3.8, 4) is 5.75 Å². The molecule has 1 atom stereocenters. The lowest BCUT2D eigenvalue weighted by Crippen LogP contribution is -2.25. The molecule has 0 spiro atoms. The second-order valence-corrected chi connectivity index (χ2v) is 9.04. The Morgan fingerprint density at radius 1 is 1.24 bits per heavy atom. The zero-order chi connectivity index (χ0) is 21.0. The summed E-state index contributed by atoms with van der Waals surface area (Å²) in [6.07, 6.45) is 1.99. The topological polar surface area (TPSA) is 105 Å². The van der Waals surface area contributed by atoms with Crippen LogP contribution in [0.3, 0.4) is 0 Å². The van der Waals surface area contributed by atoms with Crippen LogP contribution in [0.25, 0.3) is 5.65 Å². The molecule has 8 nitrogen and oxygen atoms in total. The summed E-state index contributed by atoms with van der Waals surface area (Å²) in [7, 11) is 0. The van der Waals surface area contributed by atoms with Crippen LogP contribution in [0.15, 0.2) is 24.3 Å². The Kier molecular flexibility index (Phi) is 6.71. The van der Waals surface area contributed by atoms with Gasteiger partial charge in [-0.2, -0.15) is 4.21 Å². The number of hydrogen-bond donors (Lipinski definition) is 3. The maximum absolute atomic E-state index is 12.3. The highest BCUT2D eigenvalue weighted by atomic mass is 32.2. The van der Waals surface area contributed by atoms with Crippen molar-refractivity contribution in [3.05, 3.63) is 46.9 Å². The molecule has 1 aromatic carbocycles. The number of aryl methyl sites for hydroxylation is 2. The molecule has 1 unspecified atom stereocenters. The SMILES string of the molecule is Cc1ccc(CCCO)cc1OS(=O)NCCc1nnc2cc(C(C)(C)C)[nH]n12. The number of aliphatic hydroxyl groups is 1. The maximum atomic E-state index is 12.3. The summed E-state index contributed by atoms with van der Waals surface area (Å²) in [5, 5.41) is 20.7. The van der Waals surface area contributed by atoms with Crippen molar-refractivity contribution in [3.63, 3.8) is 0 Å². The van der Waals surface area contributed by atoms with E-state index in [1.54, 1.807) is 0 Å². The highest BCUT2D eigenvalue weighted by Crippen LogP contribution is 2.22. The Morgan fingerprint density at radius 2 is 2.03 bits per heavy atom. The third kappa shape index (κ3) is 5.43. The number of H-pyrrole nitrogens is 1. The molecule has 0 aliphatic heterocycles. The van der Waals surface area contributed by atoms with Gasteiger partial charge in [0.1, 0.15) is 5.75 Å². The van der Waals surface area contributed by atoms with Gasteiger partial charge < -0.3 is 9.29 Å². The minimum absolute atomic E-state index is 0.00483. The third-order valence-electron chi connectivity index (χ3n) is 4.68. The zero-order valence-electron chi connectivity index (χ0n) is 17.4. The molecule has 158 valence electrons. The summed E-state index contributed by atoms with van der Waals surface area (Å²) < 4.78 is 22.6. The smallest absolute Gasteiger partial charge is 0.288 e. The van der Waals surface area contributed by atoms with E-state index in [0.717, 1.165) is 34.7 Å². The van der Waals surface area contributed by atoms with E-state index >= 15 is 0 Å². The van der Waals surface area contributed by atoms with Crippen LogP contribution >= 0.6 is 0 Å². The van der Waals surface area contributed by atoms with Crippen LogP contribution in [0.1, 0.15) is 49.8 Å². The molecule has 0 saturated carbocycles. The van der Waals surface area contributed by atoms with E-state index in [-0.39, 0.29) is 12.0 Å². The van der Waals surface area contributed by atoms with Gasteiger partial charge in [-0.05, 0) is 37.0 Å². The molecule has 0 radical (unpaired) electrons. The monoisotopic (exact) mass is 419 g/mol. The molecule has 29 heavy (non-hydrogen) atoms. The summed E-state index contributed by atoms with van der Waals surface area (Å²) in [5.74, 6) is 1.34. The van der Waals surface area contributed by atoms with Gasteiger partial charge in [0.2, 0.25) is 0 Å². The maximum Gasteiger partial charge on any atom is 0.288 e. The number of aliphatic hydroxyl groups excluding tert-OH is 1. The first-order valence-corrected chi connectivity index (χ1v) is 10.8. The molecule has 0 bridgehead atoms. The first-order chi connectivity index (χ1) is 13.8. The van der Waals surface area contributed by atoms with Crippen LogP contribution in [0.5, 0.6) is 5.75 Å². The minimum Gasteiger partial charge on any atom is -0.396 e. The molecule has 0 saturated heterocycles. The summed E-state index contributed by atoms with van der Waals surface area (Å²) in [6, 6.07) is 7.80. The zero-order valence-corrected chi connectivity index (χ0v) is 18.2. The summed E-state index contributed by atoms with van der Waals surface area (Å²) in [4.78, 5) is 0. The van der Waals surface area contributed by atoms with Crippen molar-refractivity contribution in [1.82, 2.24) is 24.5 Å². The Bertz CT molecular complexity index is 990. The van der Waals surface area contributed by atoms with Gasteiger partial charge in [0.15, 0.2) is 11.5 Å². The van der Waals surface area contributed by atoms with Crippen LogP contribution in [-0.2, 0) is 29.5 Å². The number of aromatic amines is 1. The Hall–Kier alpha value is -2.23. The molecule has 0 fully saturated rings. The second kappa shape index (κ2) is 9.06. The van der Waals surface area contributed by atoms with E-state index in [2.05, 4.69) is 40.8 Å². The van der Waals surface area contributed by atoms with Crippen molar-refractivity contribution in [1.29, 1.82) is 0 Å². The Labute approximate surface area is 173 Å². The lowest BCUT2D eigenvalue weighted by molar-refractivity contribution is 0.288. The van der Waals surface area contributed by atoms with E-state index in [9.17, 15) is 4.21 Å². The van der Waals surface area contributed by atoms with E-state index in [0.29, 0.717) is 25.1 Å². The van der Waals surface area contributed by atoms with E-state index < -0.39 is 11.3 Å². The van der Waals surface area contributed by atoms with Gasteiger partial charge >= 0.3 is 0 Å². The molecular formula is C20H29N5O3S. The third-order valence-corrected chi connectivity index (χ3v) is 5.45. The highest BCUT2D eigenvalue weighted by molar-refractivity contribution is 7.78. The average molecular weight is 420 g/mol. The lowest BCUT2D eigenvalue weighted by Gasteiger charge is -2.15. The van der Waals surface area contributed by atoms with Crippen LogP contribution in [-0.4, -0.2) is 42.3 Å². The standard InChI is InChI=1S/C20H29N5O3S/c1-14-7-8-15(6-5-11-26)12-16(14)28-29(27)21-10-9-18-22-23-19-13-17(20(2,3)4)24-25(18)19/h7-8,12-13,21,24,26H,5-6,9-11H2,1-4H3. The molecule has 2 aromatic heterocycles. The van der Waals surface area contributed by atoms with Gasteiger partial charge in [0, 0.05) is 36.7 Å². The van der Waals surface area contributed by atoms with Crippen molar-refractivity contribution < 1.29 is 13.5 Å². The normalized spacial score (nSPS) is 13.1. The van der Waals surface area contributed by atoms with Gasteiger partial charge in [0.05, 0.1) is 0 Å². The fraction of sp³-hybridized carbons (Fsp3) is 0.500. The summed E-state index contributed by atoms with van der Waals surface area (Å²) in [5.41, 5.74) is 3.81. The average Bonchev–Trinajstić information content (AvgIpc) is 3.24. The quantitative estimate of drug-likeness (QED) is 0.494. The second-order valence-electron chi connectivity index (χ2n) is 8.12. The minimum atomic E-state index is -1.67. The number of rotatable bonds is 9. The largest absolute Gasteiger partial charge is 0.396 e. The number of fused-ring (bicyclic) bond motifs is 1. The fourth-order valence-electron chi connectivity index (χ4n) is 2.90. The molecule has 0 amide bonds. The van der Waals surface area contributed by atoms with Crippen molar-refractivity contribution >= 4 is 16.9 Å². The van der Waals surface area contributed by atoms with Crippen LogP contribution in [0.4, 0.5) is 0 Å². The first-order valence-electron chi connectivity index (χ1n) is 9.75. The Morgan fingerprint density at radius 3 is 2.76 bits per heavy atom. The molecule has 0 aliphatic rings.